The van der Waals surface area contributed by atoms with E-state index in [0.29, 0.717) is 44.8 Å². The van der Waals surface area contributed by atoms with E-state index in [1.54, 1.807) is 24.0 Å². The Morgan fingerprint density at radius 2 is 2.19 bits per heavy atom. The summed E-state index contributed by atoms with van der Waals surface area (Å²) in [5, 5.41) is 0. The largest absolute Gasteiger partial charge is 0.478 e. The molecule has 1 aliphatic heterocycles. The number of carbonyl (C=O) groups excluding carboxylic acids is 1. The van der Waals surface area contributed by atoms with Crippen molar-refractivity contribution in [3.05, 3.63) is 29.6 Å². The van der Waals surface area contributed by atoms with Crippen LogP contribution in [0.15, 0.2) is 18.2 Å². The average molecular weight is 296 g/mol. The van der Waals surface area contributed by atoms with Gasteiger partial charge in [0.25, 0.3) is 5.91 Å². The molecule has 1 saturated heterocycles. The number of benzene rings is 1. The first kappa shape index (κ1) is 15.7. The van der Waals surface area contributed by atoms with E-state index in [-0.39, 0.29) is 11.7 Å². The molecule has 1 aliphatic rings. The predicted molar refractivity (Wildman–Crippen MR) is 76.6 cm³/mol. The molecular weight excluding hydrogens is 275 g/mol. The highest BCUT2D eigenvalue weighted by molar-refractivity contribution is 5.81. The summed E-state index contributed by atoms with van der Waals surface area (Å²) < 4.78 is 24.7. The molecule has 1 fully saturated rings. The minimum atomic E-state index is -0.739. The highest BCUT2D eigenvalue weighted by atomic mass is 19.1. The van der Waals surface area contributed by atoms with Crippen LogP contribution >= 0.6 is 0 Å². The fourth-order valence-electron chi connectivity index (χ4n) is 2.31. The van der Waals surface area contributed by atoms with Gasteiger partial charge in [-0.2, -0.15) is 0 Å². The van der Waals surface area contributed by atoms with Gasteiger partial charge < -0.3 is 20.1 Å². The highest BCUT2D eigenvalue weighted by Crippen LogP contribution is 2.24. The molecule has 6 heteroatoms. The number of para-hydroxylation sites is 1. The lowest BCUT2D eigenvalue weighted by molar-refractivity contribution is -0.142. The van der Waals surface area contributed by atoms with Crippen LogP contribution in [-0.4, -0.2) is 49.8 Å². The number of ether oxygens (including phenoxy) is 2. The standard InChI is InChI=1S/C15H21FN2O3/c1-11(15(19)18-7-9-20-10-8-18)21-14-12(5-6-17)3-2-4-13(14)16/h2-4,11H,5-10,17H2,1H3. The van der Waals surface area contributed by atoms with E-state index < -0.39 is 11.9 Å². The molecule has 0 spiro atoms. The molecule has 1 unspecified atom stereocenters. The van der Waals surface area contributed by atoms with Crippen molar-refractivity contribution in [2.75, 3.05) is 32.8 Å². The molecule has 0 saturated carbocycles. The second kappa shape index (κ2) is 7.38. The highest BCUT2D eigenvalue weighted by Gasteiger charge is 2.25. The number of hydrogen-bond donors (Lipinski definition) is 1. The molecule has 21 heavy (non-hydrogen) atoms. The van der Waals surface area contributed by atoms with Crippen LogP contribution < -0.4 is 10.5 Å². The summed E-state index contributed by atoms with van der Waals surface area (Å²) in [5.74, 6) is -0.500. The van der Waals surface area contributed by atoms with E-state index in [9.17, 15) is 9.18 Å². The molecule has 1 atom stereocenters. The number of hydrogen-bond acceptors (Lipinski definition) is 4. The fourth-order valence-corrected chi connectivity index (χ4v) is 2.31. The summed E-state index contributed by atoms with van der Waals surface area (Å²) in [6.07, 6.45) is -0.234. The Morgan fingerprint density at radius 1 is 1.48 bits per heavy atom. The van der Waals surface area contributed by atoms with Gasteiger partial charge in [-0.25, -0.2) is 4.39 Å². The maximum absolute atomic E-state index is 13.9. The molecule has 1 heterocycles. The Kier molecular flexibility index (Phi) is 5.52. The van der Waals surface area contributed by atoms with Gasteiger partial charge in [-0.3, -0.25) is 4.79 Å². The van der Waals surface area contributed by atoms with E-state index >= 15 is 0 Å². The Bertz CT molecular complexity index is 490. The lowest BCUT2D eigenvalue weighted by atomic mass is 10.1. The minimum Gasteiger partial charge on any atom is -0.478 e. The van der Waals surface area contributed by atoms with Crippen molar-refractivity contribution < 1.29 is 18.7 Å². The second-order valence-electron chi connectivity index (χ2n) is 4.96. The first-order valence-corrected chi connectivity index (χ1v) is 7.14. The van der Waals surface area contributed by atoms with Crippen molar-refractivity contribution >= 4 is 5.91 Å². The lowest BCUT2D eigenvalue weighted by Crippen LogP contribution is -2.46. The third-order valence-corrected chi connectivity index (χ3v) is 3.43. The summed E-state index contributed by atoms with van der Waals surface area (Å²) in [4.78, 5) is 14.0. The van der Waals surface area contributed by atoms with Crippen LogP contribution in [0, 0.1) is 5.82 Å². The third-order valence-electron chi connectivity index (χ3n) is 3.43. The van der Waals surface area contributed by atoms with Crippen LogP contribution in [0.1, 0.15) is 12.5 Å². The first-order valence-electron chi connectivity index (χ1n) is 7.14. The molecular formula is C15H21FN2O3. The molecule has 0 aliphatic carbocycles. The van der Waals surface area contributed by atoms with Crippen LogP contribution in [0.3, 0.4) is 0 Å². The van der Waals surface area contributed by atoms with Gasteiger partial charge in [0.2, 0.25) is 0 Å². The lowest BCUT2D eigenvalue weighted by Gasteiger charge is -2.29. The molecule has 1 aromatic rings. The first-order chi connectivity index (χ1) is 10.1. The number of nitrogens with zero attached hydrogens (tertiary/aromatic N) is 1. The SMILES string of the molecule is CC(Oc1c(F)cccc1CCN)C(=O)N1CCOCC1. The van der Waals surface area contributed by atoms with Crippen molar-refractivity contribution in [2.45, 2.75) is 19.4 Å². The van der Waals surface area contributed by atoms with Gasteiger partial charge in [0.15, 0.2) is 17.7 Å². The molecule has 2 rings (SSSR count). The zero-order chi connectivity index (χ0) is 15.2. The zero-order valence-electron chi connectivity index (χ0n) is 12.2. The van der Waals surface area contributed by atoms with Gasteiger partial charge in [0.05, 0.1) is 13.2 Å². The van der Waals surface area contributed by atoms with E-state index in [0.717, 1.165) is 0 Å². The second-order valence-corrected chi connectivity index (χ2v) is 4.96. The van der Waals surface area contributed by atoms with Crippen LogP contribution in [0.2, 0.25) is 0 Å². The van der Waals surface area contributed by atoms with E-state index in [2.05, 4.69) is 0 Å². The Labute approximate surface area is 123 Å². The van der Waals surface area contributed by atoms with Crippen LogP contribution in [0.4, 0.5) is 4.39 Å². The van der Waals surface area contributed by atoms with Crippen molar-refractivity contribution in [2.24, 2.45) is 5.73 Å². The number of halogens is 1. The average Bonchev–Trinajstić information content (AvgIpc) is 2.51. The van der Waals surface area contributed by atoms with Gasteiger partial charge in [-0.15, -0.1) is 0 Å². The van der Waals surface area contributed by atoms with Crippen molar-refractivity contribution in [3.8, 4) is 5.75 Å². The van der Waals surface area contributed by atoms with Crippen LogP contribution in [-0.2, 0) is 16.0 Å². The smallest absolute Gasteiger partial charge is 0.263 e. The van der Waals surface area contributed by atoms with Gasteiger partial charge in [0, 0.05) is 13.1 Å². The normalized spacial score (nSPS) is 16.6. The Morgan fingerprint density at radius 3 is 2.86 bits per heavy atom. The van der Waals surface area contributed by atoms with Crippen molar-refractivity contribution in [1.82, 2.24) is 4.90 Å². The van der Waals surface area contributed by atoms with E-state index in [4.69, 9.17) is 15.2 Å². The van der Waals surface area contributed by atoms with Gasteiger partial charge in [0.1, 0.15) is 0 Å². The maximum Gasteiger partial charge on any atom is 0.263 e. The Hall–Kier alpha value is -1.66. The zero-order valence-corrected chi connectivity index (χ0v) is 12.2. The van der Waals surface area contributed by atoms with Gasteiger partial charge >= 0.3 is 0 Å². The quantitative estimate of drug-likeness (QED) is 0.879. The molecule has 0 aromatic heterocycles. The van der Waals surface area contributed by atoms with Crippen molar-refractivity contribution in [3.63, 3.8) is 0 Å². The third kappa shape index (κ3) is 3.92. The van der Waals surface area contributed by atoms with Crippen molar-refractivity contribution in [1.29, 1.82) is 0 Å². The summed E-state index contributed by atoms with van der Waals surface area (Å²) in [6.45, 7) is 4.16. The van der Waals surface area contributed by atoms with E-state index in [1.165, 1.54) is 6.07 Å². The molecule has 5 nitrogen and oxygen atoms in total. The Balaban J connectivity index is 2.07. The number of rotatable bonds is 5. The van der Waals surface area contributed by atoms with E-state index in [1.807, 2.05) is 0 Å². The fraction of sp³-hybridized carbons (Fsp3) is 0.533. The summed E-state index contributed by atoms with van der Waals surface area (Å²) >= 11 is 0. The summed E-state index contributed by atoms with van der Waals surface area (Å²) in [6, 6.07) is 4.69. The predicted octanol–water partition coefficient (Wildman–Crippen LogP) is 0.953. The van der Waals surface area contributed by atoms with Crippen LogP contribution in [0.5, 0.6) is 5.75 Å². The number of nitrogens with two attached hydrogens (primary N) is 1. The van der Waals surface area contributed by atoms with Gasteiger partial charge in [-0.1, -0.05) is 12.1 Å². The van der Waals surface area contributed by atoms with Crippen LogP contribution in [0.25, 0.3) is 0 Å². The molecule has 116 valence electrons. The number of carbonyl (C=O) groups is 1. The molecule has 0 radical (unpaired) electrons. The topological polar surface area (TPSA) is 64.8 Å². The monoisotopic (exact) mass is 296 g/mol. The molecule has 0 bridgehead atoms. The molecule has 2 N–H and O–H groups in total. The molecule has 1 aromatic carbocycles. The summed E-state index contributed by atoms with van der Waals surface area (Å²) in [5.41, 5.74) is 6.20. The molecule has 1 amide bonds. The number of amides is 1. The summed E-state index contributed by atoms with van der Waals surface area (Å²) in [7, 11) is 0. The minimum absolute atomic E-state index is 0.122. The van der Waals surface area contributed by atoms with Gasteiger partial charge in [-0.05, 0) is 31.5 Å². The number of morpholine rings is 1. The maximum atomic E-state index is 13.9.